The second kappa shape index (κ2) is 9.85. The summed E-state index contributed by atoms with van der Waals surface area (Å²) in [7, 11) is 0. The van der Waals surface area contributed by atoms with Gasteiger partial charge in [-0.15, -0.1) is 29.3 Å². The molecule has 4 aromatic rings. The number of carbonyl (C=O) groups is 1. The van der Waals surface area contributed by atoms with Crippen molar-refractivity contribution in [1.82, 2.24) is 9.55 Å². The molecule has 164 valence electrons. The van der Waals surface area contributed by atoms with Gasteiger partial charge < -0.3 is 5.32 Å². The maximum absolute atomic E-state index is 13.4. The summed E-state index contributed by atoms with van der Waals surface area (Å²) < 4.78 is 1.60. The van der Waals surface area contributed by atoms with Gasteiger partial charge >= 0.3 is 0 Å². The Morgan fingerprint density at radius 3 is 2.72 bits per heavy atom. The molecular weight excluding hydrogens is 458 g/mol. The minimum Gasteiger partial charge on any atom is -0.325 e. The molecule has 0 radical (unpaired) electrons. The van der Waals surface area contributed by atoms with Crippen LogP contribution in [0.2, 0.25) is 0 Å². The highest BCUT2D eigenvalue weighted by Gasteiger charge is 2.21. The van der Waals surface area contributed by atoms with Crippen LogP contribution in [0.4, 0.5) is 5.69 Å². The van der Waals surface area contributed by atoms with Crippen molar-refractivity contribution in [2.45, 2.75) is 37.2 Å². The molecule has 0 bridgehead atoms. The third-order valence-electron chi connectivity index (χ3n) is 5.04. The van der Waals surface area contributed by atoms with E-state index < -0.39 is 5.25 Å². The van der Waals surface area contributed by atoms with Crippen molar-refractivity contribution in [2.75, 3.05) is 5.32 Å². The van der Waals surface area contributed by atoms with E-state index in [-0.39, 0.29) is 11.5 Å². The minimum atomic E-state index is -0.432. The van der Waals surface area contributed by atoms with Gasteiger partial charge in [0, 0.05) is 28.1 Å². The van der Waals surface area contributed by atoms with Crippen LogP contribution in [-0.2, 0) is 17.8 Å². The van der Waals surface area contributed by atoms with E-state index in [1.807, 2.05) is 54.1 Å². The van der Waals surface area contributed by atoms with Crippen molar-refractivity contribution in [2.24, 2.45) is 0 Å². The first-order chi connectivity index (χ1) is 15.5. The molecule has 3 aromatic heterocycles. The van der Waals surface area contributed by atoms with Crippen molar-refractivity contribution in [3.05, 3.63) is 75.7 Å². The van der Waals surface area contributed by atoms with Crippen LogP contribution in [0.25, 0.3) is 20.7 Å². The number of aryl methyl sites for hydroxylation is 1. The molecule has 0 aliphatic heterocycles. The Labute approximate surface area is 198 Å². The molecule has 1 aromatic carbocycles. The number of hydrogen-bond donors (Lipinski definition) is 1. The summed E-state index contributed by atoms with van der Waals surface area (Å²) in [6, 6.07) is 11.8. The Morgan fingerprint density at radius 1 is 1.28 bits per heavy atom. The molecule has 0 saturated carbocycles. The number of thiophene rings is 2. The number of benzene rings is 1. The molecule has 1 atom stereocenters. The van der Waals surface area contributed by atoms with Crippen molar-refractivity contribution in [1.29, 1.82) is 0 Å². The average Bonchev–Trinajstić information content (AvgIpc) is 3.46. The van der Waals surface area contributed by atoms with Gasteiger partial charge in [0.15, 0.2) is 5.16 Å². The summed E-state index contributed by atoms with van der Waals surface area (Å²) in [6.07, 6.45) is 2.63. The number of nitrogens with zero attached hydrogens (tertiary/aromatic N) is 2. The van der Waals surface area contributed by atoms with E-state index in [0.29, 0.717) is 21.9 Å². The number of amides is 1. The van der Waals surface area contributed by atoms with Gasteiger partial charge in [0.25, 0.3) is 5.56 Å². The third-order valence-corrected chi connectivity index (χ3v) is 7.90. The van der Waals surface area contributed by atoms with E-state index in [4.69, 9.17) is 4.98 Å². The molecule has 3 heterocycles. The lowest BCUT2D eigenvalue weighted by Crippen LogP contribution is -2.26. The van der Waals surface area contributed by atoms with E-state index >= 15 is 0 Å². The highest BCUT2D eigenvalue weighted by atomic mass is 32.2. The fourth-order valence-electron chi connectivity index (χ4n) is 3.28. The number of nitrogens with one attached hydrogen (secondary N) is 1. The molecule has 0 saturated heterocycles. The first-order valence-electron chi connectivity index (χ1n) is 10.2. The van der Waals surface area contributed by atoms with Crippen LogP contribution in [0.1, 0.15) is 19.4 Å². The van der Waals surface area contributed by atoms with Gasteiger partial charge in [-0.1, -0.05) is 43.0 Å². The van der Waals surface area contributed by atoms with Crippen molar-refractivity contribution < 1.29 is 4.79 Å². The molecule has 0 fully saturated rings. The zero-order chi connectivity index (χ0) is 22.7. The van der Waals surface area contributed by atoms with Crippen LogP contribution in [0.5, 0.6) is 0 Å². The first kappa shape index (κ1) is 22.5. The predicted octanol–water partition coefficient (Wildman–Crippen LogP) is 6.05. The molecule has 4 rings (SSSR count). The standard InChI is InChI=1S/C24H23N3O2S3/c1-4-12-27-23(29)20-18(19-7-6-13-30-19)14-31-22(20)26-24(27)32-15(3)21(28)25-17-10-8-16(5-2)9-11-17/h4,6-11,13-15H,1,5,12H2,2-3H3,(H,25,28). The Morgan fingerprint density at radius 2 is 2.06 bits per heavy atom. The quantitative estimate of drug-likeness (QED) is 0.189. The second-order valence-electron chi connectivity index (χ2n) is 7.21. The molecule has 0 aliphatic rings. The monoisotopic (exact) mass is 481 g/mol. The Hall–Kier alpha value is -2.68. The fraction of sp³-hybridized carbons (Fsp3) is 0.208. The van der Waals surface area contributed by atoms with Gasteiger partial charge in [-0.3, -0.25) is 14.2 Å². The lowest BCUT2D eigenvalue weighted by molar-refractivity contribution is -0.115. The summed E-state index contributed by atoms with van der Waals surface area (Å²) in [4.78, 5) is 32.7. The summed E-state index contributed by atoms with van der Waals surface area (Å²) in [5.74, 6) is -0.135. The summed E-state index contributed by atoms with van der Waals surface area (Å²) >= 11 is 4.33. The van der Waals surface area contributed by atoms with Crippen LogP contribution in [-0.4, -0.2) is 20.7 Å². The number of allylic oxidation sites excluding steroid dienone is 1. The van der Waals surface area contributed by atoms with Crippen molar-refractivity contribution in [3.63, 3.8) is 0 Å². The molecule has 1 amide bonds. The minimum absolute atomic E-state index is 0.107. The number of carbonyl (C=O) groups excluding carboxylic acids is 1. The van der Waals surface area contributed by atoms with Gasteiger partial charge in [0.1, 0.15) is 4.83 Å². The van der Waals surface area contributed by atoms with Crippen LogP contribution in [0.3, 0.4) is 0 Å². The molecule has 8 heteroatoms. The number of fused-ring (bicyclic) bond motifs is 1. The highest BCUT2D eigenvalue weighted by Crippen LogP contribution is 2.35. The molecule has 1 unspecified atom stereocenters. The number of hydrogen-bond acceptors (Lipinski definition) is 6. The van der Waals surface area contributed by atoms with E-state index in [2.05, 4.69) is 18.8 Å². The molecule has 1 N–H and O–H groups in total. The van der Waals surface area contributed by atoms with Gasteiger partial charge in [-0.05, 0) is 42.5 Å². The van der Waals surface area contributed by atoms with Crippen LogP contribution in [0, 0.1) is 0 Å². The highest BCUT2D eigenvalue weighted by molar-refractivity contribution is 8.00. The summed E-state index contributed by atoms with van der Waals surface area (Å²) in [5.41, 5.74) is 2.78. The number of aromatic nitrogens is 2. The predicted molar refractivity (Wildman–Crippen MR) is 137 cm³/mol. The van der Waals surface area contributed by atoms with Gasteiger partial charge in [0.05, 0.1) is 10.6 Å². The van der Waals surface area contributed by atoms with E-state index in [9.17, 15) is 9.59 Å². The lowest BCUT2D eigenvalue weighted by Gasteiger charge is -2.15. The Balaban J connectivity index is 1.62. The smallest absolute Gasteiger partial charge is 0.263 e. The fourth-order valence-corrected chi connectivity index (χ4v) is 6.00. The molecule has 32 heavy (non-hydrogen) atoms. The topological polar surface area (TPSA) is 64.0 Å². The Kier molecular flexibility index (Phi) is 6.93. The van der Waals surface area contributed by atoms with Crippen LogP contribution < -0.4 is 10.9 Å². The van der Waals surface area contributed by atoms with E-state index in [1.165, 1.54) is 28.7 Å². The SMILES string of the molecule is C=CCn1c(SC(C)C(=O)Nc2ccc(CC)cc2)nc2scc(-c3cccs3)c2c1=O. The number of rotatable bonds is 8. The third kappa shape index (κ3) is 4.57. The van der Waals surface area contributed by atoms with E-state index in [0.717, 1.165) is 22.5 Å². The lowest BCUT2D eigenvalue weighted by atomic mass is 10.1. The van der Waals surface area contributed by atoms with Crippen molar-refractivity contribution >= 4 is 56.2 Å². The maximum Gasteiger partial charge on any atom is 0.263 e. The normalized spacial score (nSPS) is 12.1. The Bertz CT molecular complexity index is 1310. The zero-order valence-electron chi connectivity index (χ0n) is 17.8. The molecule has 0 spiro atoms. The average molecular weight is 482 g/mol. The van der Waals surface area contributed by atoms with Crippen molar-refractivity contribution in [3.8, 4) is 10.4 Å². The van der Waals surface area contributed by atoms with Gasteiger partial charge in [-0.25, -0.2) is 4.98 Å². The summed E-state index contributed by atoms with van der Waals surface area (Å²) in [5, 5.41) is 7.63. The van der Waals surface area contributed by atoms with Gasteiger partial charge in [0.2, 0.25) is 5.91 Å². The summed E-state index contributed by atoms with van der Waals surface area (Å²) in [6.45, 7) is 8.03. The number of thioether (sulfide) groups is 1. The molecular formula is C24H23N3O2S3. The van der Waals surface area contributed by atoms with Crippen LogP contribution >= 0.6 is 34.4 Å². The maximum atomic E-state index is 13.4. The molecule has 5 nitrogen and oxygen atoms in total. The zero-order valence-corrected chi connectivity index (χ0v) is 20.3. The van der Waals surface area contributed by atoms with Gasteiger partial charge in [-0.2, -0.15) is 0 Å². The largest absolute Gasteiger partial charge is 0.325 e. The number of anilines is 1. The first-order valence-corrected chi connectivity index (χ1v) is 12.9. The second-order valence-corrected chi connectivity index (χ2v) is 10.3. The van der Waals surface area contributed by atoms with E-state index in [1.54, 1.807) is 22.0 Å². The van der Waals surface area contributed by atoms with Crippen LogP contribution in [0.15, 0.2) is 69.8 Å². The molecule has 0 aliphatic carbocycles.